The maximum atomic E-state index is 11.8. The molecule has 0 spiro atoms. The highest BCUT2D eigenvalue weighted by Gasteiger charge is 2.47. The summed E-state index contributed by atoms with van der Waals surface area (Å²) in [6, 6.07) is 9.82. The average molecular weight is 269 g/mol. The van der Waals surface area contributed by atoms with Crippen LogP contribution < -0.4 is 0 Å². The fourth-order valence-corrected chi connectivity index (χ4v) is 2.75. The van der Waals surface area contributed by atoms with Gasteiger partial charge in [0.1, 0.15) is 16.5 Å². The minimum Gasteiger partial charge on any atom is -0.358 e. The van der Waals surface area contributed by atoms with Crippen LogP contribution in [0.25, 0.3) is 0 Å². The number of ether oxygens (including phenoxy) is 1. The zero-order valence-corrected chi connectivity index (χ0v) is 10.3. The summed E-state index contributed by atoms with van der Waals surface area (Å²) >= 11 is 3.41. The minimum atomic E-state index is -0.686. The van der Waals surface area contributed by atoms with E-state index in [0.29, 0.717) is 0 Å². The Bertz CT molecular complexity index is 372. The van der Waals surface area contributed by atoms with Gasteiger partial charge in [0.15, 0.2) is 5.78 Å². The molecule has 1 heterocycles. The molecule has 2 atom stereocenters. The van der Waals surface area contributed by atoms with E-state index in [1.807, 2.05) is 44.2 Å². The molecule has 1 aromatic rings. The molecule has 3 heteroatoms. The zero-order valence-electron chi connectivity index (χ0n) is 8.74. The molecule has 1 saturated heterocycles. The monoisotopic (exact) mass is 268 g/mol. The maximum Gasteiger partial charge on any atom is 0.180 e. The van der Waals surface area contributed by atoms with E-state index in [2.05, 4.69) is 15.9 Å². The molecule has 1 aliphatic rings. The van der Waals surface area contributed by atoms with Gasteiger partial charge < -0.3 is 4.74 Å². The molecule has 15 heavy (non-hydrogen) atoms. The molecule has 0 saturated carbocycles. The first kappa shape index (κ1) is 10.8. The first-order valence-corrected chi connectivity index (χ1v) is 5.85. The summed E-state index contributed by atoms with van der Waals surface area (Å²) in [5.41, 5.74) is 0.354. The molecule has 0 N–H and O–H groups in total. The van der Waals surface area contributed by atoms with Gasteiger partial charge >= 0.3 is 0 Å². The van der Waals surface area contributed by atoms with Gasteiger partial charge in [-0.25, -0.2) is 0 Å². The van der Waals surface area contributed by atoms with Crippen molar-refractivity contribution in [3.05, 3.63) is 35.9 Å². The predicted octanol–water partition coefficient (Wildman–Crippen LogP) is 2.87. The topological polar surface area (TPSA) is 26.3 Å². The van der Waals surface area contributed by atoms with Gasteiger partial charge in [-0.05, 0) is 19.4 Å². The fourth-order valence-electron chi connectivity index (χ4n) is 1.78. The van der Waals surface area contributed by atoms with E-state index in [4.69, 9.17) is 4.74 Å². The van der Waals surface area contributed by atoms with Crippen LogP contribution in [0.2, 0.25) is 0 Å². The Morgan fingerprint density at radius 3 is 2.33 bits per heavy atom. The molecule has 2 unspecified atom stereocenters. The van der Waals surface area contributed by atoms with E-state index in [1.165, 1.54) is 0 Å². The molecule has 0 bridgehead atoms. The first-order valence-electron chi connectivity index (χ1n) is 4.93. The number of carbonyl (C=O) groups excluding carboxylic acids is 1. The predicted molar refractivity (Wildman–Crippen MR) is 62.1 cm³/mol. The molecular formula is C12H13BrO2. The fraction of sp³-hybridized carbons (Fsp3) is 0.417. The summed E-state index contributed by atoms with van der Waals surface area (Å²) in [6.07, 6.45) is -0.173. The van der Waals surface area contributed by atoms with Crippen molar-refractivity contribution >= 4 is 21.7 Å². The highest BCUT2D eigenvalue weighted by molar-refractivity contribution is 9.10. The molecule has 0 aromatic heterocycles. The number of ketones is 1. The van der Waals surface area contributed by atoms with E-state index in [-0.39, 0.29) is 16.7 Å². The van der Waals surface area contributed by atoms with Crippen LogP contribution in [0, 0.1) is 0 Å². The SMILES string of the molecule is CC1(C)OC(c2ccccc2)C(Br)C1=O. The molecule has 0 radical (unpaired) electrons. The standard InChI is InChI=1S/C12H13BrO2/c1-12(2)11(14)9(13)10(15-12)8-6-4-3-5-7-8/h3-7,9-10H,1-2H3. The van der Waals surface area contributed by atoms with Crippen LogP contribution in [0.1, 0.15) is 25.5 Å². The second-order valence-corrected chi connectivity index (χ2v) is 5.21. The van der Waals surface area contributed by atoms with Crippen LogP contribution >= 0.6 is 15.9 Å². The normalized spacial score (nSPS) is 29.4. The molecule has 0 amide bonds. The summed E-state index contributed by atoms with van der Waals surface area (Å²) in [6.45, 7) is 3.62. The van der Waals surface area contributed by atoms with E-state index >= 15 is 0 Å². The van der Waals surface area contributed by atoms with Crippen molar-refractivity contribution in [1.82, 2.24) is 0 Å². The molecule has 2 rings (SSSR count). The number of alkyl halides is 1. The van der Waals surface area contributed by atoms with E-state index in [0.717, 1.165) is 5.56 Å². The number of hydrogen-bond donors (Lipinski definition) is 0. The van der Waals surface area contributed by atoms with Crippen molar-refractivity contribution < 1.29 is 9.53 Å². The van der Waals surface area contributed by atoms with Gasteiger partial charge in [0, 0.05) is 0 Å². The van der Waals surface area contributed by atoms with Crippen LogP contribution in [0.3, 0.4) is 0 Å². The van der Waals surface area contributed by atoms with Crippen molar-refractivity contribution in [3.63, 3.8) is 0 Å². The third kappa shape index (κ3) is 1.86. The van der Waals surface area contributed by atoms with Crippen LogP contribution in [-0.4, -0.2) is 16.2 Å². The van der Waals surface area contributed by atoms with Gasteiger partial charge in [-0.3, -0.25) is 4.79 Å². The number of halogens is 1. The van der Waals surface area contributed by atoms with Crippen LogP contribution in [0.4, 0.5) is 0 Å². The molecule has 2 nitrogen and oxygen atoms in total. The Hall–Kier alpha value is -0.670. The van der Waals surface area contributed by atoms with Crippen LogP contribution in [0.5, 0.6) is 0 Å². The molecule has 0 aliphatic carbocycles. The van der Waals surface area contributed by atoms with E-state index < -0.39 is 5.60 Å². The summed E-state index contributed by atoms with van der Waals surface area (Å²) in [5, 5.41) is 0. The van der Waals surface area contributed by atoms with Crippen molar-refractivity contribution in [1.29, 1.82) is 0 Å². The Balaban J connectivity index is 2.31. The number of hydrogen-bond acceptors (Lipinski definition) is 2. The molecule has 1 aliphatic heterocycles. The zero-order chi connectivity index (χ0) is 11.1. The molecule has 1 aromatic carbocycles. The van der Waals surface area contributed by atoms with Gasteiger partial charge in [-0.1, -0.05) is 46.3 Å². The molecule has 80 valence electrons. The van der Waals surface area contributed by atoms with Crippen molar-refractivity contribution in [3.8, 4) is 0 Å². The Morgan fingerprint density at radius 1 is 1.27 bits per heavy atom. The summed E-state index contributed by atoms with van der Waals surface area (Å²) in [7, 11) is 0. The lowest BCUT2D eigenvalue weighted by Crippen LogP contribution is -2.29. The third-order valence-corrected chi connectivity index (χ3v) is 3.56. The minimum absolute atomic E-state index is 0.108. The Labute approximate surface area is 97.8 Å². The van der Waals surface area contributed by atoms with Gasteiger partial charge in [-0.15, -0.1) is 0 Å². The average Bonchev–Trinajstić information content (AvgIpc) is 2.44. The van der Waals surface area contributed by atoms with Crippen LogP contribution in [-0.2, 0) is 9.53 Å². The number of Topliss-reactive ketones (excluding diaryl/α,β-unsaturated/α-hetero) is 1. The lowest BCUT2D eigenvalue weighted by Gasteiger charge is -2.17. The molecule has 1 fully saturated rings. The summed E-state index contributed by atoms with van der Waals surface area (Å²) in [5.74, 6) is 0.108. The quantitative estimate of drug-likeness (QED) is 0.733. The smallest absolute Gasteiger partial charge is 0.180 e. The van der Waals surface area contributed by atoms with Gasteiger partial charge in [0.05, 0.1) is 0 Å². The maximum absolute atomic E-state index is 11.8. The second kappa shape index (κ2) is 3.72. The number of rotatable bonds is 1. The lowest BCUT2D eigenvalue weighted by molar-refractivity contribution is -0.129. The third-order valence-electron chi connectivity index (χ3n) is 2.66. The van der Waals surface area contributed by atoms with Gasteiger partial charge in [0.25, 0.3) is 0 Å². The summed E-state index contributed by atoms with van der Waals surface area (Å²) < 4.78 is 5.76. The number of carbonyl (C=O) groups is 1. The largest absolute Gasteiger partial charge is 0.358 e. The van der Waals surface area contributed by atoms with Crippen molar-refractivity contribution in [2.24, 2.45) is 0 Å². The van der Waals surface area contributed by atoms with Gasteiger partial charge in [0.2, 0.25) is 0 Å². The summed E-state index contributed by atoms with van der Waals surface area (Å²) in [4.78, 5) is 11.6. The first-order chi connectivity index (χ1) is 7.02. The Kier molecular flexibility index (Phi) is 2.69. The van der Waals surface area contributed by atoms with Crippen molar-refractivity contribution in [2.75, 3.05) is 0 Å². The highest BCUT2D eigenvalue weighted by Crippen LogP contribution is 2.40. The second-order valence-electron chi connectivity index (χ2n) is 4.23. The highest BCUT2D eigenvalue weighted by atomic mass is 79.9. The van der Waals surface area contributed by atoms with Gasteiger partial charge in [-0.2, -0.15) is 0 Å². The van der Waals surface area contributed by atoms with E-state index in [9.17, 15) is 4.79 Å². The van der Waals surface area contributed by atoms with E-state index in [1.54, 1.807) is 0 Å². The number of benzene rings is 1. The van der Waals surface area contributed by atoms with Crippen molar-refractivity contribution in [2.45, 2.75) is 30.4 Å². The lowest BCUT2D eigenvalue weighted by atomic mass is 10.0. The molecular weight excluding hydrogens is 256 g/mol. The van der Waals surface area contributed by atoms with Crippen LogP contribution in [0.15, 0.2) is 30.3 Å². The Morgan fingerprint density at radius 2 is 1.87 bits per heavy atom.